The summed E-state index contributed by atoms with van der Waals surface area (Å²) in [7, 11) is 3.57. The van der Waals surface area contributed by atoms with Crippen LogP contribution in [0.15, 0.2) is 30.5 Å². The van der Waals surface area contributed by atoms with E-state index in [2.05, 4.69) is 16.5 Å². The average Bonchev–Trinajstić information content (AvgIpc) is 3.23. The number of nitrogens with zero attached hydrogens (tertiary/aromatic N) is 3. The molecule has 1 N–H and O–H groups in total. The van der Waals surface area contributed by atoms with Gasteiger partial charge >= 0.3 is 6.03 Å². The standard InChI is InChI=1S/C19H26N4O2/c1-13(17-12-20-22(3)14(17)2)21-19(24)23-10-6-9-18(23)15-7-5-8-16(11-15)25-4/h5,7-8,11-13,18H,6,9-10H2,1-4H3,(H,21,24)/t13-,18+/m0/s1. The van der Waals surface area contributed by atoms with Crippen molar-refractivity contribution in [1.82, 2.24) is 20.0 Å². The number of ether oxygens (including phenoxy) is 1. The van der Waals surface area contributed by atoms with Gasteiger partial charge in [0.15, 0.2) is 0 Å². The van der Waals surface area contributed by atoms with E-state index in [-0.39, 0.29) is 18.1 Å². The number of amides is 2. The number of hydrogen-bond donors (Lipinski definition) is 1. The highest BCUT2D eigenvalue weighted by Gasteiger charge is 2.31. The number of likely N-dealkylation sites (tertiary alicyclic amines) is 1. The third-order valence-corrected chi connectivity index (χ3v) is 5.07. The molecule has 3 rings (SSSR count). The summed E-state index contributed by atoms with van der Waals surface area (Å²) in [5.74, 6) is 0.823. The van der Waals surface area contributed by atoms with Crippen molar-refractivity contribution in [2.75, 3.05) is 13.7 Å². The first-order valence-electron chi connectivity index (χ1n) is 8.71. The topological polar surface area (TPSA) is 59.4 Å². The lowest BCUT2D eigenvalue weighted by Gasteiger charge is -2.27. The van der Waals surface area contributed by atoms with Crippen LogP contribution in [0.1, 0.15) is 48.7 Å². The molecule has 0 spiro atoms. The van der Waals surface area contributed by atoms with E-state index >= 15 is 0 Å². The molecule has 1 aromatic heterocycles. The molecule has 1 aliphatic heterocycles. The van der Waals surface area contributed by atoms with Crippen LogP contribution in [-0.4, -0.2) is 34.4 Å². The Morgan fingerprint density at radius 1 is 1.44 bits per heavy atom. The van der Waals surface area contributed by atoms with Crippen molar-refractivity contribution in [1.29, 1.82) is 0 Å². The Balaban J connectivity index is 1.73. The summed E-state index contributed by atoms with van der Waals surface area (Å²) in [6, 6.07) is 7.98. The number of carbonyl (C=O) groups excluding carboxylic acids is 1. The molecule has 25 heavy (non-hydrogen) atoms. The quantitative estimate of drug-likeness (QED) is 0.927. The molecule has 2 heterocycles. The van der Waals surface area contributed by atoms with E-state index in [0.29, 0.717) is 0 Å². The van der Waals surface area contributed by atoms with E-state index < -0.39 is 0 Å². The average molecular weight is 342 g/mol. The second kappa shape index (κ2) is 7.17. The van der Waals surface area contributed by atoms with Gasteiger partial charge in [-0.1, -0.05) is 12.1 Å². The van der Waals surface area contributed by atoms with Crippen LogP contribution in [-0.2, 0) is 7.05 Å². The molecule has 0 bridgehead atoms. The van der Waals surface area contributed by atoms with Gasteiger partial charge in [0.1, 0.15) is 5.75 Å². The van der Waals surface area contributed by atoms with Crippen LogP contribution in [0.5, 0.6) is 5.75 Å². The van der Waals surface area contributed by atoms with Crippen LogP contribution in [0.4, 0.5) is 4.79 Å². The maximum atomic E-state index is 12.8. The SMILES string of the molecule is COc1cccc([C@H]2CCCN2C(=O)N[C@@H](C)c2cnn(C)c2C)c1. The Labute approximate surface area is 148 Å². The van der Waals surface area contributed by atoms with E-state index in [1.807, 2.05) is 54.9 Å². The van der Waals surface area contributed by atoms with Gasteiger partial charge in [-0.2, -0.15) is 5.10 Å². The van der Waals surface area contributed by atoms with E-state index in [1.165, 1.54) is 0 Å². The molecular weight excluding hydrogens is 316 g/mol. The molecule has 1 fully saturated rings. The molecule has 6 nitrogen and oxygen atoms in total. The second-order valence-electron chi connectivity index (χ2n) is 6.61. The lowest BCUT2D eigenvalue weighted by atomic mass is 10.0. The summed E-state index contributed by atoms with van der Waals surface area (Å²) >= 11 is 0. The Bertz CT molecular complexity index is 756. The van der Waals surface area contributed by atoms with Crippen molar-refractivity contribution < 1.29 is 9.53 Å². The van der Waals surface area contributed by atoms with Crippen molar-refractivity contribution in [2.45, 2.75) is 38.8 Å². The van der Waals surface area contributed by atoms with E-state index in [0.717, 1.165) is 42.0 Å². The highest BCUT2D eigenvalue weighted by molar-refractivity contribution is 5.75. The first-order valence-corrected chi connectivity index (χ1v) is 8.71. The lowest BCUT2D eigenvalue weighted by Crippen LogP contribution is -2.40. The van der Waals surface area contributed by atoms with Crippen LogP contribution >= 0.6 is 0 Å². The van der Waals surface area contributed by atoms with Gasteiger partial charge in [0.25, 0.3) is 0 Å². The van der Waals surface area contributed by atoms with E-state index in [9.17, 15) is 4.79 Å². The summed E-state index contributed by atoms with van der Waals surface area (Å²) in [4.78, 5) is 14.8. The maximum Gasteiger partial charge on any atom is 0.318 e. The molecule has 1 aliphatic rings. The van der Waals surface area contributed by atoms with Gasteiger partial charge < -0.3 is 15.0 Å². The zero-order valence-corrected chi connectivity index (χ0v) is 15.3. The molecular formula is C19H26N4O2. The molecule has 0 radical (unpaired) electrons. The Morgan fingerprint density at radius 3 is 2.92 bits per heavy atom. The van der Waals surface area contributed by atoms with Crippen molar-refractivity contribution in [3.05, 3.63) is 47.3 Å². The van der Waals surface area contributed by atoms with Crippen molar-refractivity contribution >= 4 is 6.03 Å². The Hall–Kier alpha value is -2.50. The molecule has 2 aromatic rings. The second-order valence-corrected chi connectivity index (χ2v) is 6.61. The number of urea groups is 1. The minimum atomic E-state index is -0.0761. The number of methoxy groups -OCH3 is 1. The predicted octanol–water partition coefficient (Wildman–Crippen LogP) is 3.34. The highest BCUT2D eigenvalue weighted by Crippen LogP contribution is 2.33. The van der Waals surface area contributed by atoms with Crippen molar-refractivity contribution in [2.24, 2.45) is 7.05 Å². The van der Waals surface area contributed by atoms with Crippen LogP contribution in [0.25, 0.3) is 0 Å². The fourth-order valence-electron chi connectivity index (χ4n) is 3.49. The fraction of sp³-hybridized carbons (Fsp3) is 0.474. The summed E-state index contributed by atoms with van der Waals surface area (Å²) < 4.78 is 7.15. The number of aromatic nitrogens is 2. The first-order chi connectivity index (χ1) is 12.0. The lowest BCUT2D eigenvalue weighted by molar-refractivity contribution is 0.189. The number of benzene rings is 1. The van der Waals surface area contributed by atoms with Crippen LogP contribution in [0, 0.1) is 6.92 Å². The minimum Gasteiger partial charge on any atom is -0.497 e. The molecule has 0 aliphatic carbocycles. The monoisotopic (exact) mass is 342 g/mol. The summed E-state index contributed by atoms with van der Waals surface area (Å²) in [5, 5.41) is 7.38. The van der Waals surface area contributed by atoms with Gasteiger partial charge in [-0.15, -0.1) is 0 Å². The summed E-state index contributed by atoms with van der Waals surface area (Å²) in [5.41, 5.74) is 3.24. The third kappa shape index (κ3) is 3.48. The van der Waals surface area contributed by atoms with Gasteiger partial charge in [0, 0.05) is 24.8 Å². The molecule has 1 aromatic carbocycles. The molecule has 2 amide bonds. The van der Waals surface area contributed by atoms with E-state index in [4.69, 9.17) is 4.74 Å². The number of rotatable bonds is 4. The maximum absolute atomic E-state index is 12.8. The number of carbonyl (C=O) groups is 1. The highest BCUT2D eigenvalue weighted by atomic mass is 16.5. The van der Waals surface area contributed by atoms with Crippen LogP contribution in [0.2, 0.25) is 0 Å². The number of nitrogens with one attached hydrogen (secondary N) is 1. The normalized spacial score (nSPS) is 18.2. The molecule has 2 atom stereocenters. The largest absolute Gasteiger partial charge is 0.497 e. The third-order valence-electron chi connectivity index (χ3n) is 5.07. The molecule has 0 saturated carbocycles. The zero-order valence-electron chi connectivity index (χ0n) is 15.3. The summed E-state index contributed by atoms with van der Waals surface area (Å²) in [6.07, 6.45) is 3.81. The minimum absolute atomic E-state index is 0.0268. The molecule has 0 unspecified atom stereocenters. The van der Waals surface area contributed by atoms with Gasteiger partial charge in [-0.25, -0.2) is 4.79 Å². The Kier molecular flexibility index (Phi) is 4.97. The smallest absolute Gasteiger partial charge is 0.318 e. The number of aryl methyl sites for hydroxylation is 1. The molecule has 6 heteroatoms. The van der Waals surface area contributed by atoms with Crippen LogP contribution in [0.3, 0.4) is 0 Å². The van der Waals surface area contributed by atoms with Gasteiger partial charge in [-0.3, -0.25) is 4.68 Å². The fourth-order valence-corrected chi connectivity index (χ4v) is 3.49. The predicted molar refractivity (Wildman–Crippen MR) is 96.6 cm³/mol. The summed E-state index contributed by atoms with van der Waals surface area (Å²) in [6.45, 7) is 4.78. The molecule has 134 valence electrons. The number of hydrogen-bond acceptors (Lipinski definition) is 3. The van der Waals surface area contributed by atoms with Crippen molar-refractivity contribution in [3.63, 3.8) is 0 Å². The Morgan fingerprint density at radius 2 is 2.24 bits per heavy atom. The van der Waals surface area contributed by atoms with E-state index in [1.54, 1.807) is 7.11 Å². The van der Waals surface area contributed by atoms with Gasteiger partial charge in [0.2, 0.25) is 0 Å². The molecule has 1 saturated heterocycles. The zero-order chi connectivity index (χ0) is 18.0. The van der Waals surface area contributed by atoms with Gasteiger partial charge in [-0.05, 0) is 44.4 Å². The van der Waals surface area contributed by atoms with Gasteiger partial charge in [0.05, 0.1) is 25.4 Å². The first kappa shape index (κ1) is 17.3. The van der Waals surface area contributed by atoms with Crippen molar-refractivity contribution in [3.8, 4) is 5.75 Å². The van der Waals surface area contributed by atoms with Crippen LogP contribution < -0.4 is 10.1 Å².